The number of aryl methyl sites for hydroxylation is 1. The summed E-state index contributed by atoms with van der Waals surface area (Å²) in [4.78, 5) is 10.3. The molecule has 0 amide bonds. The predicted molar refractivity (Wildman–Crippen MR) is 102 cm³/mol. The maximum absolute atomic E-state index is 14.2. The van der Waals surface area contributed by atoms with E-state index in [9.17, 15) is 19.6 Å². The summed E-state index contributed by atoms with van der Waals surface area (Å²) in [7, 11) is 1.50. The van der Waals surface area contributed by atoms with E-state index >= 15 is 0 Å². The van der Waals surface area contributed by atoms with Gasteiger partial charge < -0.3 is 16.2 Å². The minimum Gasteiger partial charge on any atom is -0.491 e. The molecule has 0 unspecified atom stereocenters. The fourth-order valence-electron chi connectivity index (χ4n) is 2.43. The molecule has 134 valence electrons. The summed E-state index contributed by atoms with van der Waals surface area (Å²) in [6, 6.07) is 7.19. The van der Waals surface area contributed by atoms with E-state index in [4.69, 9.17) is 5.73 Å². The first-order valence-electron chi connectivity index (χ1n) is 7.17. The Morgan fingerprint density at radius 2 is 2.08 bits per heavy atom. The van der Waals surface area contributed by atoms with E-state index in [0.717, 1.165) is 15.7 Å². The molecule has 0 bridgehead atoms. The van der Waals surface area contributed by atoms with Gasteiger partial charge in [0.2, 0.25) is 5.82 Å². The van der Waals surface area contributed by atoms with E-state index in [1.807, 2.05) is 0 Å². The van der Waals surface area contributed by atoms with Crippen LogP contribution in [0.4, 0.5) is 27.1 Å². The molecule has 3 aromatic rings. The Hall–Kier alpha value is -2.96. The van der Waals surface area contributed by atoms with Gasteiger partial charge in [0.1, 0.15) is 5.69 Å². The molecule has 9 nitrogen and oxygen atoms in total. The third-order valence-corrected chi connectivity index (χ3v) is 4.30. The van der Waals surface area contributed by atoms with Crippen LogP contribution in [-0.2, 0) is 7.05 Å². The fourth-order valence-corrected chi connectivity index (χ4v) is 2.95. The van der Waals surface area contributed by atoms with Crippen molar-refractivity contribution in [3.63, 3.8) is 0 Å². The number of rotatable bonds is 4. The zero-order valence-electron chi connectivity index (χ0n) is 13.3. The number of nitrogens with two attached hydrogens (primary N) is 1. The van der Waals surface area contributed by atoms with Gasteiger partial charge in [0.15, 0.2) is 0 Å². The molecule has 1 aromatic heterocycles. The molecule has 3 rings (SSSR count). The van der Waals surface area contributed by atoms with Crippen molar-refractivity contribution in [2.24, 2.45) is 7.05 Å². The van der Waals surface area contributed by atoms with E-state index in [1.165, 1.54) is 11.7 Å². The molecule has 0 fully saturated rings. The maximum atomic E-state index is 14.2. The third kappa shape index (κ3) is 3.24. The molecule has 1 heterocycles. The summed E-state index contributed by atoms with van der Waals surface area (Å²) < 4.78 is 16.3. The van der Waals surface area contributed by atoms with Crippen LogP contribution in [0.25, 0.3) is 11.3 Å². The SMILES string of the molecule is Cn1nnc(O)c1-c1cc([N+](=O)[O-])c(F)cc1Nc1ccc(I)cc1N. The fraction of sp³-hybridized carbons (Fsp3) is 0.0667. The summed E-state index contributed by atoms with van der Waals surface area (Å²) in [6.45, 7) is 0. The molecule has 0 spiro atoms. The van der Waals surface area contributed by atoms with Crippen LogP contribution >= 0.6 is 22.6 Å². The molecule has 0 aliphatic heterocycles. The molecule has 0 radical (unpaired) electrons. The van der Waals surface area contributed by atoms with E-state index in [-0.39, 0.29) is 16.9 Å². The quantitative estimate of drug-likeness (QED) is 0.231. The highest BCUT2D eigenvalue weighted by molar-refractivity contribution is 14.1. The van der Waals surface area contributed by atoms with Crippen molar-refractivity contribution >= 4 is 45.3 Å². The van der Waals surface area contributed by atoms with Crippen LogP contribution in [0.15, 0.2) is 30.3 Å². The zero-order chi connectivity index (χ0) is 19.0. The molecule has 2 aromatic carbocycles. The Kier molecular flexibility index (Phi) is 4.63. The van der Waals surface area contributed by atoms with Crippen LogP contribution in [0.2, 0.25) is 0 Å². The Labute approximate surface area is 159 Å². The smallest absolute Gasteiger partial charge is 0.305 e. The van der Waals surface area contributed by atoms with Gasteiger partial charge in [0, 0.05) is 28.3 Å². The first kappa shape index (κ1) is 17.8. The average molecular weight is 470 g/mol. The summed E-state index contributed by atoms with van der Waals surface area (Å²) in [5.74, 6) is -1.47. The second kappa shape index (κ2) is 6.74. The lowest BCUT2D eigenvalue weighted by Gasteiger charge is -2.14. The third-order valence-electron chi connectivity index (χ3n) is 3.63. The summed E-state index contributed by atoms with van der Waals surface area (Å²) in [5.41, 5.74) is 6.54. The zero-order valence-corrected chi connectivity index (χ0v) is 15.4. The van der Waals surface area contributed by atoms with Crippen LogP contribution < -0.4 is 11.1 Å². The molecule has 11 heteroatoms. The predicted octanol–water partition coefficient (Wildman–Crippen LogP) is 3.17. The monoisotopic (exact) mass is 470 g/mol. The second-order valence-corrected chi connectivity index (χ2v) is 6.59. The topological polar surface area (TPSA) is 132 Å². The number of hydrogen-bond acceptors (Lipinski definition) is 7. The Morgan fingerprint density at radius 3 is 2.65 bits per heavy atom. The van der Waals surface area contributed by atoms with Crippen molar-refractivity contribution in [3.8, 4) is 17.1 Å². The van der Waals surface area contributed by atoms with Gasteiger partial charge in [-0.1, -0.05) is 10.3 Å². The minimum absolute atomic E-state index is 0.0969. The Bertz CT molecular complexity index is 1000. The van der Waals surface area contributed by atoms with E-state index in [0.29, 0.717) is 11.4 Å². The standard InChI is InChI=1S/C15H12FIN6O3/c1-22-14(15(24)20-21-22)8-5-13(23(25)26)9(16)6-12(8)19-11-3-2-7(17)4-10(11)18/h2-6,19,24H,18H2,1H3. The average Bonchev–Trinajstić information content (AvgIpc) is 2.89. The number of benzene rings is 2. The largest absolute Gasteiger partial charge is 0.491 e. The highest BCUT2D eigenvalue weighted by Crippen LogP contribution is 2.39. The van der Waals surface area contributed by atoms with Gasteiger partial charge in [0.25, 0.3) is 5.88 Å². The molecule has 0 aliphatic rings. The van der Waals surface area contributed by atoms with Crippen LogP contribution in [0.1, 0.15) is 0 Å². The van der Waals surface area contributed by atoms with Gasteiger partial charge in [-0.25, -0.2) is 4.68 Å². The number of nitrogens with zero attached hydrogens (tertiary/aromatic N) is 4. The van der Waals surface area contributed by atoms with E-state index < -0.39 is 22.3 Å². The number of nitro benzene ring substituents is 1. The van der Waals surface area contributed by atoms with Gasteiger partial charge in [-0.2, -0.15) is 4.39 Å². The van der Waals surface area contributed by atoms with Gasteiger partial charge >= 0.3 is 5.69 Å². The normalized spacial score (nSPS) is 10.7. The second-order valence-electron chi connectivity index (χ2n) is 5.35. The van der Waals surface area contributed by atoms with Crippen LogP contribution in [0, 0.1) is 19.5 Å². The number of nitrogen functional groups attached to an aromatic ring is 1. The summed E-state index contributed by atoms with van der Waals surface area (Å²) >= 11 is 2.10. The molecule has 4 N–H and O–H groups in total. The van der Waals surface area contributed by atoms with Crippen molar-refractivity contribution in [1.29, 1.82) is 0 Å². The van der Waals surface area contributed by atoms with Crippen LogP contribution in [0.5, 0.6) is 5.88 Å². The lowest BCUT2D eigenvalue weighted by Crippen LogP contribution is -2.03. The Balaban J connectivity index is 2.20. The van der Waals surface area contributed by atoms with Crippen molar-refractivity contribution < 1.29 is 14.4 Å². The lowest BCUT2D eigenvalue weighted by atomic mass is 10.1. The van der Waals surface area contributed by atoms with Gasteiger partial charge in [0.05, 0.1) is 22.0 Å². The van der Waals surface area contributed by atoms with E-state index in [2.05, 4.69) is 38.2 Å². The first-order valence-corrected chi connectivity index (χ1v) is 8.24. The number of aromatic hydroxyl groups is 1. The number of nitro groups is 1. The lowest BCUT2D eigenvalue weighted by molar-refractivity contribution is -0.387. The Morgan fingerprint density at radius 1 is 1.35 bits per heavy atom. The number of anilines is 3. The van der Waals surface area contributed by atoms with Crippen molar-refractivity contribution in [1.82, 2.24) is 15.0 Å². The number of halogens is 2. The highest BCUT2D eigenvalue weighted by atomic mass is 127. The molecule has 0 aliphatic carbocycles. The van der Waals surface area contributed by atoms with Crippen molar-refractivity contribution in [2.45, 2.75) is 0 Å². The molecule has 0 atom stereocenters. The number of nitrogens with one attached hydrogen (secondary N) is 1. The first-order chi connectivity index (χ1) is 12.3. The van der Waals surface area contributed by atoms with Gasteiger partial charge in [-0.05, 0) is 40.8 Å². The van der Waals surface area contributed by atoms with Crippen LogP contribution in [0.3, 0.4) is 0 Å². The summed E-state index contributed by atoms with van der Waals surface area (Å²) in [5, 5.41) is 31.2. The molecular weight excluding hydrogens is 458 g/mol. The van der Waals surface area contributed by atoms with E-state index in [1.54, 1.807) is 18.2 Å². The maximum Gasteiger partial charge on any atom is 0.305 e. The minimum atomic E-state index is -1.03. The highest BCUT2D eigenvalue weighted by Gasteiger charge is 2.24. The van der Waals surface area contributed by atoms with Crippen molar-refractivity contribution in [3.05, 3.63) is 49.8 Å². The molecule has 26 heavy (non-hydrogen) atoms. The number of aromatic nitrogens is 3. The molecule has 0 saturated carbocycles. The number of hydrogen-bond donors (Lipinski definition) is 3. The molecule has 0 saturated heterocycles. The van der Waals surface area contributed by atoms with Gasteiger partial charge in [-0.15, -0.1) is 0 Å². The van der Waals surface area contributed by atoms with Crippen LogP contribution in [-0.4, -0.2) is 25.0 Å². The summed E-state index contributed by atoms with van der Waals surface area (Å²) in [6.07, 6.45) is 0. The van der Waals surface area contributed by atoms with Crippen molar-refractivity contribution in [2.75, 3.05) is 11.1 Å². The molecular formula is C15H12FIN6O3. The van der Waals surface area contributed by atoms with Gasteiger partial charge in [-0.3, -0.25) is 10.1 Å².